The lowest BCUT2D eigenvalue weighted by Crippen LogP contribution is -2.49. The van der Waals surface area contributed by atoms with Crippen LogP contribution in [0, 0.1) is 10.8 Å². The molecular weight excluding hydrogens is 592 g/mol. The number of alkyl carbamates (subject to hydrolysis) is 2. The maximum Gasteiger partial charge on any atom is 0.407 e. The predicted molar refractivity (Wildman–Crippen MR) is 167 cm³/mol. The van der Waals surface area contributed by atoms with Crippen LogP contribution in [0.1, 0.15) is 92.4 Å². The van der Waals surface area contributed by atoms with E-state index in [0.717, 1.165) is 38.5 Å². The van der Waals surface area contributed by atoms with Gasteiger partial charge in [-0.2, -0.15) is 8.78 Å². The minimum absolute atomic E-state index is 0.0479. The van der Waals surface area contributed by atoms with Crippen LogP contribution in [0.2, 0.25) is 0 Å². The second-order valence-electron chi connectivity index (χ2n) is 12.8. The Labute approximate surface area is 267 Å². The molecule has 0 saturated heterocycles. The fraction of sp³-hybridized carbons (Fsp3) is 0.781. The Morgan fingerprint density at radius 2 is 1.44 bits per heavy atom. The number of alkyl halides is 2. The molecule has 0 aromatic rings. The molecule has 0 heterocycles. The molecule has 0 aromatic heterocycles. The van der Waals surface area contributed by atoms with Gasteiger partial charge in [-0.05, 0) is 62.9 Å². The maximum atomic E-state index is 13.8. The van der Waals surface area contributed by atoms with Crippen LogP contribution in [-0.4, -0.2) is 76.4 Å². The number of esters is 1. The van der Waals surface area contributed by atoms with Crippen molar-refractivity contribution in [1.29, 1.82) is 0 Å². The van der Waals surface area contributed by atoms with E-state index in [1.54, 1.807) is 13.8 Å². The number of hydrogen-bond acceptors (Lipinski definition) is 9. The van der Waals surface area contributed by atoms with Gasteiger partial charge in [0.25, 0.3) is 0 Å². The van der Waals surface area contributed by atoms with Crippen LogP contribution < -0.4 is 16.0 Å². The Hall–Kier alpha value is -3.09. The zero-order valence-electron chi connectivity index (χ0n) is 27.8. The van der Waals surface area contributed by atoms with E-state index in [-0.39, 0.29) is 49.1 Å². The first-order valence-electron chi connectivity index (χ1n) is 15.8. The molecular formula is C32H55F2N3O8. The molecule has 2 unspecified atom stereocenters. The van der Waals surface area contributed by atoms with E-state index in [4.69, 9.17) is 18.9 Å². The lowest BCUT2D eigenvalue weighted by Gasteiger charge is -2.47. The van der Waals surface area contributed by atoms with E-state index in [9.17, 15) is 23.2 Å². The minimum Gasteiger partial charge on any atom is -0.471 e. The highest BCUT2D eigenvalue weighted by Gasteiger charge is 2.42. The smallest absolute Gasteiger partial charge is 0.407 e. The second kappa shape index (κ2) is 20.1. The average Bonchev–Trinajstić information content (AvgIpc) is 2.94. The van der Waals surface area contributed by atoms with Crippen LogP contribution in [0.4, 0.5) is 18.4 Å². The molecule has 2 amide bonds. The highest BCUT2D eigenvalue weighted by Crippen LogP contribution is 2.46. The standard InChI is InChI=1S/C32H55F2N3O8/c1-8-15-45-32(33,34)23-44-25(4)37-26-19-30(5,6)21-31(7,20-26)22-36-29(40)43-17-13-11-9-10-12-16-42-28(39)35-14-18-41-27(38)24(2)3/h26,37H,2,4,8-23H2,1,3,5-7H3,(H,35,39)(H,36,40). The molecule has 260 valence electrons. The van der Waals surface area contributed by atoms with Crippen LogP contribution in [-0.2, 0) is 28.5 Å². The number of ether oxygens (including phenoxy) is 5. The molecule has 1 fully saturated rings. The van der Waals surface area contributed by atoms with Gasteiger partial charge in [-0.15, -0.1) is 0 Å². The summed E-state index contributed by atoms with van der Waals surface area (Å²) in [6.45, 7) is 17.1. The average molecular weight is 648 g/mol. The van der Waals surface area contributed by atoms with Gasteiger partial charge in [-0.1, -0.05) is 53.5 Å². The first kappa shape index (κ1) is 39.9. The fourth-order valence-electron chi connectivity index (χ4n) is 5.48. The van der Waals surface area contributed by atoms with Crippen molar-refractivity contribution >= 4 is 18.2 Å². The normalized spacial score (nSPS) is 19.1. The van der Waals surface area contributed by atoms with Crippen molar-refractivity contribution < 1.29 is 46.8 Å². The van der Waals surface area contributed by atoms with Crippen LogP contribution in [0.5, 0.6) is 0 Å². The molecule has 1 aliphatic carbocycles. The van der Waals surface area contributed by atoms with E-state index in [1.807, 2.05) is 0 Å². The molecule has 1 rings (SSSR count). The molecule has 0 bridgehead atoms. The molecule has 0 radical (unpaired) electrons. The van der Waals surface area contributed by atoms with Gasteiger partial charge in [0.1, 0.15) is 6.61 Å². The van der Waals surface area contributed by atoms with Crippen molar-refractivity contribution in [2.75, 3.05) is 46.1 Å². The highest BCUT2D eigenvalue weighted by molar-refractivity contribution is 5.86. The van der Waals surface area contributed by atoms with Gasteiger partial charge in [-0.3, -0.25) is 0 Å². The van der Waals surface area contributed by atoms with Crippen LogP contribution in [0.3, 0.4) is 0 Å². The third kappa shape index (κ3) is 19.1. The first-order valence-corrected chi connectivity index (χ1v) is 15.8. The van der Waals surface area contributed by atoms with Crippen LogP contribution in [0.15, 0.2) is 24.6 Å². The van der Waals surface area contributed by atoms with Crippen molar-refractivity contribution in [3.63, 3.8) is 0 Å². The van der Waals surface area contributed by atoms with Gasteiger partial charge in [0.05, 0.1) is 26.4 Å². The number of carbonyl (C=O) groups is 3. The van der Waals surface area contributed by atoms with Gasteiger partial charge in [0, 0.05) is 18.2 Å². The third-order valence-electron chi connectivity index (χ3n) is 7.11. The molecule has 3 N–H and O–H groups in total. The van der Waals surface area contributed by atoms with Crippen molar-refractivity contribution in [2.45, 2.75) is 105 Å². The van der Waals surface area contributed by atoms with Crippen LogP contribution >= 0.6 is 0 Å². The summed E-state index contributed by atoms with van der Waals surface area (Å²) in [7, 11) is 0. The highest BCUT2D eigenvalue weighted by atomic mass is 19.3. The monoisotopic (exact) mass is 647 g/mol. The lowest BCUT2D eigenvalue weighted by molar-refractivity contribution is -0.260. The van der Waals surface area contributed by atoms with E-state index < -0.39 is 30.9 Å². The SMILES string of the molecule is C=C(NC1CC(C)(C)CC(C)(CNC(=O)OCCCCCCCOC(=O)NCCOC(=O)C(=C)C)C1)OCC(F)(F)OCCC. The van der Waals surface area contributed by atoms with Crippen molar-refractivity contribution in [3.05, 3.63) is 24.6 Å². The van der Waals surface area contributed by atoms with Gasteiger partial charge < -0.3 is 39.6 Å². The number of carbonyl (C=O) groups excluding carboxylic acids is 3. The molecule has 0 aliphatic heterocycles. The van der Waals surface area contributed by atoms with E-state index in [1.165, 1.54) is 0 Å². The Kier molecular flexibility index (Phi) is 17.9. The van der Waals surface area contributed by atoms with Gasteiger partial charge in [0.15, 0.2) is 12.5 Å². The molecule has 2 atom stereocenters. The summed E-state index contributed by atoms with van der Waals surface area (Å²) in [6.07, 6.45) is 2.50. The van der Waals surface area contributed by atoms with Crippen LogP contribution in [0.25, 0.3) is 0 Å². The topological polar surface area (TPSA) is 133 Å². The largest absolute Gasteiger partial charge is 0.471 e. The van der Waals surface area contributed by atoms with Gasteiger partial charge in [-0.25, -0.2) is 14.4 Å². The van der Waals surface area contributed by atoms with Crippen molar-refractivity contribution in [3.8, 4) is 0 Å². The van der Waals surface area contributed by atoms with Gasteiger partial charge >= 0.3 is 24.3 Å². The number of amides is 2. The summed E-state index contributed by atoms with van der Waals surface area (Å²) in [5.74, 6) is -0.433. The van der Waals surface area contributed by atoms with E-state index in [0.29, 0.717) is 38.0 Å². The zero-order chi connectivity index (χ0) is 33.9. The quantitative estimate of drug-likeness (QED) is 0.0414. The van der Waals surface area contributed by atoms with E-state index >= 15 is 0 Å². The second-order valence-corrected chi connectivity index (χ2v) is 12.8. The number of unbranched alkanes of at least 4 members (excludes halogenated alkanes) is 4. The molecule has 1 saturated carbocycles. The summed E-state index contributed by atoms with van der Waals surface area (Å²) in [6, 6.07) is -0.0626. The molecule has 11 nitrogen and oxygen atoms in total. The van der Waals surface area contributed by atoms with Crippen molar-refractivity contribution in [2.24, 2.45) is 10.8 Å². The molecule has 13 heteroatoms. The third-order valence-corrected chi connectivity index (χ3v) is 7.11. The summed E-state index contributed by atoms with van der Waals surface area (Å²) < 4.78 is 52.5. The molecule has 0 aromatic carbocycles. The zero-order valence-corrected chi connectivity index (χ0v) is 27.8. The number of nitrogens with one attached hydrogen (secondary N) is 3. The summed E-state index contributed by atoms with van der Waals surface area (Å²) in [5, 5.41) is 8.53. The first-order chi connectivity index (χ1) is 21.1. The Morgan fingerprint density at radius 1 is 0.844 bits per heavy atom. The number of rotatable bonds is 22. The predicted octanol–water partition coefficient (Wildman–Crippen LogP) is 6.19. The van der Waals surface area contributed by atoms with Crippen molar-refractivity contribution in [1.82, 2.24) is 16.0 Å². The summed E-state index contributed by atoms with van der Waals surface area (Å²) >= 11 is 0. The Morgan fingerprint density at radius 3 is 2.04 bits per heavy atom. The Balaban J connectivity index is 2.21. The Bertz CT molecular complexity index is 963. The molecule has 0 spiro atoms. The summed E-state index contributed by atoms with van der Waals surface area (Å²) in [4.78, 5) is 35.2. The van der Waals surface area contributed by atoms with Gasteiger partial charge in [0.2, 0.25) is 0 Å². The molecule has 45 heavy (non-hydrogen) atoms. The number of hydrogen-bond donors (Lipinski definition) is 3. The number of halogens is 2. The maximum absolute atomic E-state index is 13.8. The molecule has 1 aliphatic rings. The fourth-order valence-corrected chi connectivity index (χ4v) is 5.48. The minimum atomic E-state index is -3.38. The van der Waals surface area contributed by atoms with E-state index in [2.05, 4.69) is 54.6 Å². The summed E-state index contributed by atoms with van der Waals surface area (Å²) in [5.41, 5.74) is -0.00543. The lowest BCUT2D eigenvalue weighted by atomic mass is 9.62.